The lowest BCUT2D eigenvalue weighted by molar-refractivity contribution is 0.925. The molecular formula is C19H14N4. The highest BCUT2D eigenvalue weighted by atomic mass is 15.1. The highest BCUT2D eigenvalue weighted by Gasteiger charge is 2.12. The van der Waals surface area contributed by atoms with E-state index < -0.39 is 0 Å². The van der Waals surface area contributed by atoms with E-state index in [1.165, 1.54) is 0 Å². The number of aryl methyl sites for hydroxylation is 1. The minimum absolute atomic E-state index is 0.549. The molecule has 0 unspecified atom stereocenters. The van der Waals surface area contributed by atoms with Crippen LogP contribution in [0.2, 0.25) is 0 Å². The molecule has 4 nitrogen and oxygen atoms in total. The van der Waals surface area contributed by atoms with E-state index in [1.807, 2.05) is 72.4 Å². The van der Waals surface area contributed by atoms with Crippen LogP contribution in [0.4, 0.5) is 0 Å². The molecule has 1 N–H and O–H groups in total. The van der Waals surface area contributed by atoms with Crippen molar-refractivity contribution in [3.8, 4) is 6.07 Å². The molecule has 4 aromatic rings. The molecule has 0 bridgehead atoms. The SMILES string of the molecule is Cn1c(/C(C#N)=C/c2c[nH]c3ccccc23)nc2ccccc21. The lowest BCUT2D eigenvalue weighted by atomic mass is 10.1. The highest BCUT2D eigenvalue weighted by Crippen LogP contribution is 2.25. The predicted molar refractivity (Wildman–Crippen MR) is 92.5 cm³/mol. The Morgan fingerprint density at radius 1 is 1.17 bits per heavy atom. The molecule has 0 radical (unpaired) electrons. The van der Waals surface area contributed by atoms with Gasteiger partial charge in [-0.1, -0.05) is 30.3 Å². The van der Waals surface area contributed by atoms with Crippen LogP contribution in [-0.2, 0) is 7.05 Å². The van der Waals surface area contributed by atoms with Gasteiger partial charge < -0.3 is 9.55 Å². The van der Waals surface area contributed by atoms with Crippen molar-refractivity contribution < 1.29 is 0 Å². The number of H-pyrrole nitrogens is 1. The van der Waals surface area contributed by atoms with Crippen LogP contribution >= 0.6 is 0 Å². The zero-order chi connectivity index (χ0) is 15.8. The second kappa shape index (κ2) is 5.15. The molecule has 110 valence electrons. The third kappa shape index (κ3) is 2.11. The summed E-state index contributed by atoms with van der Waals surface area (Å²) < 4.78 is 1.96. The second-order valence-corrected chi connectivity index (χ2v) is 5.44. The van der Waals surface area contributed by atoms with E-state index in [-0.39, 0.29) is 0 Å². The maximum absolute atomic E-state index is 9.62. The van der Waals surface area contributed by atoms with Crippen LogP contribution in [-0.4, -0.2) is 14.5 Å². The number of imidazole rings is 1. The molecule has 0 fully saturated rings. The Kier molecular flexibility index (Phi) is 2.99. The van der Waals surface area contributed by atoms with Gasteiger partial charge in [0, 0.05) is 29.7 Å². The van der Waals surface area contributed by atoms with Gasteiger partial charge in [-0.3, -0.25) is 0 Å². The number of hydrogen-bond acceptors (Lipinski definition) is 2. The van der Waals surface area contributed by atoms with Gasteiger partial charge in [-0.2, -0.15) is 5.26 Å². The topological polar surface area (TPSA) is 57.4 Å². The second-order valence-electron chi connectivity index (χ2n) is 5.44. The molecule has 0 spiro atoms. The molecule has 0 atom stereocenters. The number of hydrogen-bond donors (Lipinski definition) is 1. The van der Waals surface area contributed by atoms with Crippen molar-refractivity contribution in [2.24, 2.45) is 7.05 Å². The summed E-state index contributed by atoms with van der Waals surface area (Å²) in [7, 11) is 1.94. The first kappa shape index (κ1) is 13.4. The molecule has 0 aliphatic carbocycles. The predicted octanol–water partition coefficient (Wildman–Crippen LogP) is 4.12. The highest BCUT2D eigenvalue weighted by molar-refractivity contribution is 5.97. The number of fused-ring (bicyclic) bond motifs is 2. The van der Waals surface area contributed by atoms with Crippen LogP contribution in [0.15, 0.2) is 54.7 Å². The number of nitrogens with one attached hydrogen (secondary N) is 1. The monoisotopic (exact) mass is 298 g/mol. The van der Waals surface area contributed by atoms with Gasteiger partial charge in [0.1, 0.15) is 6.07 Å². The third-order valence-corrected chi connectivity index (χ3v) is 4.07. The Bertz CT molecular complexity index is 1090. The fraction of sp³-hybridized carbons (Fsp3) is 0.0526. The number of allylic oxidation sites excluding steroid dienone is 1. The quantitative estimate of drug-likeness (QED) is 0.566. The van der Waals surface area contributed by atoms with Crippen LogP contribution in [0, 0.1) is 11.3 Å². The number of aromatic nitrogens is 3. The molecule has 2 heterocycles. The average molecular weight is 298 g/mol. The van der Waals surface area contributed by atoms with Crippen LogP contribution in [0.1, 0.15) is 11.4 Å². The summed E-state index contributed by atoms with van der Waals surface area (Å²) in [6.07, 6.45) is 3.81. The van der Waals surface area contributed by atoms with Gasteiger partial charge in [0.15, 0.2) is 5.82 Å². The molecule has 0 aliphatic rings. The largest absolute Gasteiger partial charge is 0.361 e. The molecule has 0 amide bonds. The Morgan fingerprint density at radius 2 is 1.96 bits per heavy atom. The van der Waals surface area contributed by atoms with E-state index in [2.05, 4.69) is 16.0 Å². The van der Waals surface area contributed by atoms with Gasteiger partial charge in [0.05, 0.1) is 16.6 Å². The molecule has 4 rings (SSSR count). The number of nitriles is 1. The van der Waals surface area contributed by atoms with E-state index in [1.54, 1.807) is 0 Å². The fourth-order valence-electron chi connectivity index (χ4n) is 2.90. The van der Waals surface area contributed by atoms with E-state index in [0.29, 0.717) is 11.4 Å². The minimum atomic E-state index is 0.549. The van der Waals surface area contributed by atoms with Crippen molar-refractivity contribution >= 4 is 33.6 Å². The Hall–Kier alpha value is -3.32. The van der Waals surface area contributed by atoms with Gasteiger partial charge in [0.2, 0.25) is 0 Å². The number of benzene rings is 2. The number of rotatable bonds is 2. The lowest BCUT2D eigenvalue weighted by Gasteiger charge is -2.00. The third-order valence-electron chi connectivity index (χ3n) is 4.07. The summed E-state index contributed by atoms with van der Waals surface area (Å²) in [5.74, 6) is 0.680. The molecule has 0 saturated carbocycles. The molecule has 23 heavy (non-hydrogen) atoms. The number of aromatic amines is 1. The van der Waals surface area contributed by atoms with Crippen molar-refractivity contribution in [1.82, 2.24) is 14.5 Å². The molecule has 0 saturated heterocycles. The first-order chi connectivity index (χ1) is 11.3. The van der Waals surface area contributed by atoms with E-state index in [0.717, 1.165) is 27.5 Å². The summed E-state index contributed by atoms with van der Waals surface area (Å²) in [6, 6.07) is 18.2. The molecule has 2 aromatic heterocycles. The van der Waals surface area contributed by atoms with Gasteiger partial charge in [0.25, 0.3) is 0 Å². The Balaban J connectivity index is 1.91. The normalized spacial score (nSPS) is 11.9. The molecule has 4 heteroatoms. The van der Waals surface area contributed by atoms with Gasteiger partial charge in [-0.25, -0.2) is 4.98 Å². The maximum atomic E-state index is 9.62. The fourth-order valence-corrected chi connectivity index (χ4v) is 2.90. The van der Waals surface area contributed by atoms with Crippen LogP contribution in [0.3, 0.4) is 0 Å². The zero-order valence-electron chi connectivity index (χ0n) is 12.6. The molecule has 0 aliphatic heterocycles. The Morgan fingerprint density at radius 3 is 2.78 bits per heavy atom. The van der Waals surface area contributed by atoms with Crippen molar-refractivity contribution in [1.29, 1.82) is 5.26 Å². The van der Waals surface area contributed by atoms with Crippen LogP contribution in [0.25, 0.3) is 33.6 Å². The summed E-state index contributed by atoms with van der Waals surface area (Å²) in [4.78, 5) is 7.84. The van der Waals surface area contributed by atoms with Crippen LogP contribution in [0.5, 0.6) is 0 Å². The molecule has 2 aromatic carbocycles. The van der Waals surface area contributed by atoms with Gasteiger partial charge >= 0.3 is 0 Å². The lowest BCUT2D eigenvalue weighted by Crippen LogP contribution is -1.95. The van der Waals surface area contributed by atoms with E-state index >= 15 is 0 Å². The minimum Gasteiger partial charge on any atom is -0.361 e. The zero-order valence-corrected chi connectivity index (χ0v) is 12.6. The number of para-hydroxylation sites is 3. The number of nitrogens with zero attached hydrogens (tertiary/aromatic N) is 3. The standard InChI is InChI=1S/C19H14N4/c1-23-18-9-5-4-8-17(18)22-19(23)13(11-20)10-14-12-21-16-7-3-2-6-15(14)16/h2-10,12,21H,1H3/b13-10+. The summed E-state index contributed by atoms with van der Waals surface area (Å²) in [5, 5.41) is 10.7. The first-order valence-corrected chi connectivity index (χ1v) is 7.37. The van der Waals surface area contributed by atoms with Crippen LogP contribution < -0.4 is 0 Å². The van der Waals surface area contributed by atoms with Crippen molar-refractivity contribution in [3.63, 3.8) is 0 Å². The van der Waals surface area contributed by atoms with Gasteiger partial charge in [-0.15, -0.1) is 0 Å². The first-order valence-electron chi connectivity index (χ1n) is 7.37. The van der Waals surface area contributed by atoms with Gasteiger partial charge in [-0.05, 0) is 24.3 Å². The maximum Gasteiger partial charge on any atom is 0.151 e. The molecular weight excluding hydrogens is 284 g/mol. The summed E-state index contributed by atoms with van der Waals surface area (Å²) >= 11 is 0. The average Bonchev–Trinajstić information content (AvgIpc) is 3.15. The van der Waals surface area contributed by atoms with E-state index in [4.69, 9.17) is 0 Å². The Labute approximate surface area is 133 Å². The van der Waals surface area contributed by atoms with E-state index in [9.17, 15) is 5.26 Å². The summed E-state index contributed by atoms with van der Waals surface area (Å²) in [6.45, 7) is 0. The van der Waals surface area contributed by atoms with Crippen molar-refractivity contribution in [3.05, 3.63) is 66.1 Å². The van der Waals surface area contributed by atoms with Crippen molar-refractivity contribution in [2.45, 2.75) is 0 Å². The summed E-state index contributed by atoms with van der Waals surface area (Å²) in [5.41, 5.74) is 4.51. The van der Waals surface area contributed by atoms with Crippen molar-refractivity contribution in [2.75, 3.05) is 0 Å². The smallest absolute Gasteiger partial charge is 0.151 e.